The van der Waals surface area contributed by atoms with E-state index in [1.807, 2.05) is 6.07 Å². The number of hydrogen-bond acceptors (Lipinski definition) is 3. The molecule has 1 fully saturated rings. The Morgan fingerprint density at radius 3 is 2.33 bits per heavy atom. The molecule has 0 unspecified atom stereocenters. The Morgan fingerprint density at radius 2 is 1.78 bits per heavy atom. The fourth-order valence-corrected chi connectivity index (χ4v) is 2.57. The van der Waals surface area contributed by atoms with E-state index in [2.05, 4.69) is 36.8 Å². The molecule has 2 rings (SSSR count). The van der Waals surface area contributed by atoms with Crippen LogP contribution in [0.5, 0.6) is 0 Å². The van der Waals surface area contributed by atoms with Gasteiger partial charge in [0.2, 0.25) is 0 Å². The van der Waals surface area contributed by atoms with E-state index >= 15 is 0 Å². The SMILES string of the molecule is CC(C)c1cc(N2CCN(C)CC2)cc(Cl)c1N. The number of nitrogen functional groups attached to an aromatic ring is 1. The Labute approximate surface area is 115 Å². The lowest BCUT2D eigenvalue weighted by Gasteiger charge is -2.34. The maximum absolute atomic E-state index is 6.25. The molecular formula is C14H22ClN3. The van der Waals surface area contributed by atoms with E-state index in [0.717, 1.165) is 37.4 Å². The molecule has 3 nitrogen and oxygen atoms in total. The van der Waals surface area contributed by atoms with E-state index < -0.39 is 0 Å². The first-order chi connectivity index (χ1) is 8.49. The summed E-state index contributed by atoms with van der Waals surface area (Å²) in [6.45, 7) is 8.59. The minimum Gasteiger partial charge on any atom is -0.397 e. The number of piperazine rings is 1. The molecule has 1 aromatic rings. The van der Waals surface area contributed by atoms with Crippen LogP contribution in [0.1, 0.15) is 25.3 Å². The number of benzene rings is 1. The van der Waals surface area contributed by atoms with Gasteiger partial charge in [0.15, 0.2) is 0 Å². The summed E-state index contributed by atoms with van der Waals surface area (Å²) in [6, 6.07) is 4.19. The van der Waals surface area contributed by atoms with Gasteiger partial charge >= 0.3 is 0 Å². The van der Waals surface area contributed by atoms with Crippen molar-refractivity contribution in [3.63, 3.8) is 0 Å². The number of nitrogens with zero attached hydrogens (tertiary/aromatic N) is 2. The summed E-state index contributed by atoms with van der Waals surface area (Å²) in [5, 5.41) is 0.676. The highest BCUT2D eigenvalue weighted by Crippen LogP contribution is 2.34. The van der Waals surface area contributed by atoms with E-state index in [-0.39, 0.29) is 0 Å². The van der Waals surface area contributed by atoms with E-state index in [9.17, 15) is 0 Å². The van der Waals surface area contributed by atoms with Gasteiger partial charge < -0.3 is 15.5 Å². The fraction of sp³-hybridized carbons (Fsp3) is 0.571. The third kappa shape index (κ3) is 2.73. The first-order valence-electron chi connectivity index (χ1n) is 6.51. The Kier molecular flexibility index (Phi) is 4.03. The molecule has 0 spiro atoms. The van der Waals surface area contributed by atoms with Crippen molar-refractivity contribution in [2.75, 3.05) is 43.9 Å². The topological polar surface area (TPSA) is 32.5 Å². The van der Waals surface area contributed by atoms with Crippen LogP contribution in [0.25, 0.3) is 0 Å². The Hall–Kier alpha value is -0.930. The molecule has 100 valence electrons. The highest BCUT2D eigenvalue weighted by atomic mass is 35.5. The van der Waals surface area contributed by atoms with Crippen LogP contribution in [0, 0.1) is 0 Å². The van der Waals surface area contributed by atoms with E-state index in [4.69, 9.17) is 17.3 Å². The molecule has 1 aliphatic rings. The highest BCUT2D eigenvalue weighted by molar-refractivity contribution is 6.33. The van der Waals surface area contributed by atoms with Crippen LogP contribution in [0.15, 0.2) is 12.1 Å². The van der Waals surface area contributed by atoms with Crippen LogP contribution in [0.3, 0.4) is 0 Å². The zero-order valence-corrected chi connectivity index (χ0v) is 12.2. The molecule has 0 bridgehead atoms. The van der Waals surface area contributed by atoms with Gasteiger partial charge in [0.05, 0.1) is 10.7 Å². The molecule has 4 heteroatoms. The van der Waals surface area contributed by atoms with Gasteiger partial charge in [0.1, 0.15) is 0 Å². The van der Waals surface area contributed by atoms with Crippen molar-refractivity contribution >= 4 is 23.0 Å². The van der Waals surface area contributed by atoms with Gasteiger partial charge in [-0.15, -0.1) is 0 Å². The Balaban J connectivity index is 2.28. The molecule has 1 aromatic carbocycles. The van der Waals surface area contributed by atoms with Gasteiger partial charge in [-0.3, -0.25) is 0 Å². The normalized spacial score (nSPS) is 17.5. The van der Waals surface area contributed by atoms with Crippen LogP contribution >= 0.6 is 11.6 Å². The van der Waals surface area contributed by atoms with Gasteiger partial charge in [-0.1, -0.05) is 25.4 Å². The molecule has 1 saturated heterocycles. The number of anilines is 2. The molecule has 18 heavy (non-hydrogen) atoms. The van der Waals surface area contributed by atoms with Crippen molar-refractivity contribution in [1.29, 1.82) is 0 Å². The summed E-state index contributed by atoms with van der Waals surface area (Å²) in [5.74, 6) is 0.398. The number of rotatable bonds is 2. The lowest BCUT2D eigenvalue weighted by molar-refractivity contribution is 0.313. The maximum Gasteiger partial charge on any atom is 0.0658 e. The van der Waals surface area contributed by atoms with E-state index in [1.165, 1.54) is 5.69 Å². The Morgan fingerprint density at radius 1 is 1.17 bits per heavy atom. The van der Waals surface area contributed by atoms with Crippen LogP contribution < -0.4 is 10.6 Å². The van der Waals surface area contributed by atoms with Crippen molar-refractivity contribution in [3.05, 3.63) is 22.7 Å². The third-order valence-corrected chi connectivity index (χ3v) is 3.95. The molecule has 0 atom stereocenters. The minimum absolute atomic E-state index is 0.398. The molecule has 0 aromatic heterocycles. The predicted molar refractivity (Wildman–Crippen MR) is 79.7 cm³/mol. The summed E-state index contributed by atoms with van der Waals surface area (Å²) in [7, 11) is 2.16. The van der Waals surface area contributed by atoms with Crippen LogP contribution in [-0.4, -0.2) is 38.1 Å². The predicted octanol–water partition coefficient (Wildman–Crippen LogP) is 2.80. The number of halogens is 1. The molecule has 1 aliphatic heterocycles. The summed E-state index contributed by atoms with van der Waals surface area (Å²) in [6.07, 6.45) is 0. The van der Waals surface area contributed by atoms with Gasteiger partial charge in [0.25, 0.3) is 0 Å². The molecule has 0 radical (unpaired) electrons. The first-order valence-corrected chi connectivity index (χ1v) is 6.89. The van der Waals surface area contributed by atoms with Crippen molar-refractivity contribution in [1.82, 2.24) is 4.90 Å². The maximum atomic E-state index is 6.25. The average molecular weight is 268 g/mol. The quantitative estimate of drug-likeness (QED) is 0.837. The third-order valence-electron chi connectivity index (χ3n) is 3.64. The largest absolute Gasteiger partial charge is 0.397 e. The molecule has 0 saturated carbocycles. The van der Waals surface area contributed by atoms with Crippen molar-refractivity contribution < 1.29 is 0 Å². The summed E-state index contributed by atoms with van der Waals surface area (Å²) >= 11 is 6.25. The second kappa shape index (κ2) is 5.37. The lowest BCUT2D eigenvalue weighted by Crippen LogP contribution is -2.44. The second-order valence-electron chi connectivity index (χ2n) is 5.38. The van der Waals surface area contributed by atoms with Gasteiger partial charge in [-0.2, -0.15) is 0 Å². The van der Waals surface area contributed by atoms with Gasteiger partial charge in [-0.05, 0) is 30.7 Å². The Bertz CT molecular complexity index is 423. The monoisotopic (exact) mass is 267 g/mol. The second-order valence-corrected chi connectivity index (χ2v) is 5.78. The average Bonchev–Trinajstić information content (AvgIpc) is 2.33. The van der Waals surface area contributed by atoms with Crippen molar-refractivity contribution in [2.24, 2.45) is 0 Å². The lowest BCUT2D eigenvalue weighted by atomic mass is 10.00. The molecule has 2 N–H and O–H groups in total. The molecule has 0 aliphatic carbocycles. The van der Waals surface area contributed by atoms with Gasteiger partial charge in [0, 0.05) is 31.9 Å². The smallest absolute Gasteiger partial charge is 0.0658 e. The van der Waals surface area contributed by atoms with E-state index in [1.54, 1.807) is 0 Å². The van der Waals surface area contributed by atoms with Crippen molar-refractivity contribution in [3.8, 4) is 0 Å². The summed E-state index contributed by atoms with van der Waals surface area (Å²) in [5.41, 5.74) is 9.12. The zero-order valence-electron chi connectivity index (χ0n) is 11.4. The van der Waals surface area contributed by atoms with Crippen LogP contribution in [0.4, 0.5) is 11.4 Å². The molecule has 0 amide bonds. The number of likely N-dealkylation sites (N-methyl/N-ethyl adjacent to an activating group) is 1. The minimum atomic E-state index is 0.398. The van der Waals surface area contributed by atoms with Crippen LogP contribution in [0.2, 0.25) is 5.02 Å². The zero-order chi connectivity index (χ0) is 13.3. The van der Waals surface area contributed by atoms with Crippen molar-refractivity contribution in [2.45, 2.75) is 19.8 Å². The highest BCUT2D eigenvalue weighted by Gasteiger charge is 2.17. The number of hydrogen-bond donors (Lipinski definition) is 1. The number of nitrogens with two attached hydrogens (primary N) is 1. The standard InChI is InChI=1S/C14H22ClN3/c1-10(2)12-8-11(9-13(15)14(12)16)18-6-4-17(3)5-7-18/h8-10H,4-7,16H2,1-3H3. The van der Waals surface area contributed by atoms with E-state index in [0.29, 0.717) is 10.9 Å². The molecular weight excluding hydrogens is 246 g/mol. The molecule has 1 heterocycles. The summed E-state index contributed by atoms with van der Waals surface area (Å²) < 4.78 is 0. The fourth-order valence-electron chi connectivity index (χ4n) is 2.35. The summed E-state index contributed by atoms with van der Waals surface area (Å²) in [4.78, 5) is 4.73. The van der Waals surface area contributed by atoms with Gasteiger partial charge in [-0.25, -0.2) is 0 Å². The first kappa shape index (κ1) is 13.5. The van der Waals surface area contributed by atoms with Crippen LogP contribution in [-0.2, 0) is 0 Å².